The van der Waals surface area contributed by atoms with E-state index in [9.17, 15) is 9.90 Å². The number of allylic oxidation sites excluding steroid dienone is 2. The van der Waals surface area contributed by atoms with Gasteiger partial charge in [-0.2, -0.15) is 0 Å². The molecule has 0 saturated carbocycles. The van der Waals surface area contributed by atoms with Gasteiger partial charge in [-0.05, 0) is 43.0 Å². The van der Waals surface area contributed by atoms with Crippen LogP contribution in [0, 0.1) is 0 Å². The first kappa shape index (κ1) is 12.6. The fourth-order valence-electron chi connectivity index (χ4n) is 2.17. The molecule has 2 N–H and O–H groups in total. The summed E-state index contributed by atoms with van der Waals surface area (Å²) in [6.07, 6.45) is 1.78. The van der Waals surface area contributed by atoms with Crippen LogP contribution in [0.4, 0.5) is 0 Å². The maximum absolute atomic E-state index is 10.9. The van der Waals surface area contributed by atoms with Crippen LogP contribution in [0.15, 0.2) is 41.5 Å². The summed E-state index contributed by atoms with van der Waals surface area (Å²) in [6, 6.07) is 7.67. The molecule has 0 spiro atoms. The van der Waals surface area contributed by atoms with Crippen molar-refractivity contribution in [1.82, 2.24) is 0 Å². The summed E-state index contributed by atoms with van der Waals surface area (Å²) < 4.78 is 0. The molecule has 1 unspecified atom stereocenters. The highest BCUT2D eigenvalue weighted by atomic mass is 16.4. The summed E-state index contributed by atoms with van der Waals surface area (Å²) in [5.41, 5.74) is 4.10. The molecule has 0 saturated heterocycles. The van der Waals surface area contributed by atoms with E-state index in [1.807, 2.05) is 31.2 Å². The maximum atomic E-state index is 10.9. The van der Waals surface area contributed by atoms with E-state index in [1.54, 1.807) is 13.0 Å². The number of aliphatic hydroxyl groups excluding tert-OH is 1. The van der Waals surface area contributed by atoms with Crippen LogP contribution >= 0.6 is 0 Å². The lowest BCUT2D eigenvalue weighted by atomic mass is 9.97. The van der Waals surface area contributed by atoms with Gasteiger partial charge < -0.3 is 10.2 Å². The molecule has 1 aliphatic rings. The Labute approximate surface area is 106 Å². The van der Waals surface area contributed by atoms with E-state index in [0.29, 0.717) is 12.0 Å². The summed E-state index contributed by atoms with van der Waals surface area (Å²) in [4.78, 5) is 10.9. The number of carbonyl (C=O) groups is 1. The van der Waals surface area contributed by atoms with Crippen molar-refractivity contribution < 1.29 is 15.0 Å². The summed E-state index contributed by atoms with van der Waals surface area (Å²) in [6.45, 7) is 3.42. The summed E-state index contributed by atoms with van der Waals surface area (Å²) in [7, 11) is 0. The topological polar surface area (TPSA) is 57.5 Å². The molecule has 1 atom stereocenters. The Balaban J connectivity index is 2.30. The van der Waals surface area contributed by atoms with Crippen molar-refractivity contribution in [2.24, 2.45) is 0 Å². The van der Waals surface area contributed by atoms with Gasteiger partial charge in [-0.15, -0.1) is 0 Å². The highest BCUT2D eigenvalue weighted by Crippen LogP contribution is 2.37. The van der Waals surface area contributed by atoms with Crippen LogP contribution in [-0.4, -0.2) is 16.2 Å². The first-order chi connectivity index (χ1) is 8.50. The molecule has 0 bridgehead atoms. The van der Waals surface area contributed by atoms with Gasteiger partial charge in [0.25, 0.3) is 0 Å². The Kier molecular flexibility index (Phi) is 3.34. The molecule has 3 nitrogen and oxygen atoms in total. The highest BCUT2D eigenvalue weighted by Gasteiger charge is 2.21. The highest BCUT2D eigenvalue weighted by molar-refractivity contribution is 5.87. The summed E-state index contributed by atoms with van der Waals surface area (Å²) in [5.74, 6) is -0.889. The molecule has 0 amide bonds. The van der Waals surface area contributed by atoms with Crippen LogP contribution in [0.2, 0.25) is 0 Å². The van der Waals surface area contributed by atoms with E-state index in [0.717, 1.165) is 22.3 Å². The monoisotopic (exact) mass is 244 g/mol. The predicted octanol–water partition coefficient (Wildman–Crippen LogP) is 2.93. The molecule has 0 heterocycles. The zero-order valence-corrected chi connectivity index (χ0v) is 10.5. The standard InChI is InChI=1S/C15H16O3/c1-9(10(2)15(17)18)7-11-8-14(16)13-6-4-3-5-12(11)13/h3-6,8,14,16H,7H2,1-2H3,(H,17,18). The molecule has 1 aromatic rings. The normalized spacial score (nSPS) is 19.1. The number of aliphatic hydroxyl groups is 1. The van der Waals surface area contributed by atoms with Crippen molar-refractivity contribution in [2.75, 3.05) is 0 Å². The first-order valence-corrected chi connectivity index (χ1v) is 5.88. The van der Waals surface area contributed by atoms with E-state index in [1.165, 1.54) is 0 Å². The van der Waals surface area contributed by atoms with Crippen molar-refractivity contribution >= 4 is 11.5 Å². The molecule has 3 heteroatoms. The van der Waals surface area contributed by atoms with Crippen LogP contribution in [-0.2, 0) is 4.79 Å². The Bertz CT molecular complexity index is 553. The van der Waals surface area contributed by atoms with Gasteiger partial charge in [0.2, 0.25) is 0 Å². The van der Waals surface area contributed by atoms with Crippen molar-refractivity contribution in [3.8, 4) is 0 Å². The Morgan fingerprint density at radius 2 is 1.94 bits per heavy atom. The quantitative estimate of drug-likeness (QED) is 0.804. The summed E-state index contributed by atoms with van der Waals surface area (Å²) >= 11 is 0. The predicted molar refractivity (Wildman–Crippen MR) is 70.0 cm³/mol. The van der Waals surface area contributed by atoms with E-state index >= 15 is 0 Å². The van der Waals surface area contributed by atoms with Crippen molar-refractivity contribution in [3.05, 3.63) is 52.6 Å². The maximum Gasteiger partial charge on any atom is 0.331 e. The van der Waals surface area contributed by atoms with Gasteiger partial charge in [-0.1, -0.05) is 29.8 Å². The number of hydrogen-bond acceptors (Lipinski definition) is 2. The number of rotatable bonds is 3. The Hall–Kier alpha value is -1.87. The van der Waals surface area contributed by atoms with Crippen molar-refractivity contribution in [2.45, 2.75) is 26.4 Å². The minimum atomic E-state index is -0.889. The van der Waals surface area contributed by atoms with Gasteiger partial charge in [-0.3, -0.25) is 0 Å². The average Bonchev–Trinajstić information content (AvgIpc) is 2.66. The molecule has 18 heavy (non-hydrogen) atoms. The van der Waals surface area contributed by atoms with E-state index in [2.05, 4.69) is 0 Å². The van der Waals surface area contributed by atoms with Crippen molar-refractivity contribution in [1.29, 1.82) is 0 Å². The minimum Gasteiger partial charge on any atom is -0.478 e. The number of benzene rings is 1. The molecule has 0 aliphatic heterocycles. The van der Waals surface area contributed by atoms with Crippen molar-refractivity contribution in [3.63, 3.8) is 0 Å². The van der Waals surface area contributed by atoms with Crippen LogP contribution in [0.1, 0.15) is 37.5 Å². The average molecular weight is 244 g/mol. The third-order valence-corrected chi connectivity index (χ3v) is 3.40. The zero-order valence-electron chi connectivity index (χ0n) is 10.5. The van der Waals surface area contributed by atoms with E-state index in [-0.39, 0.29) is 0 Å². The molecular formula is C15H16O3. The SMILES string of the molecule is CC(CC1=CC(O)c2ccccc21)=C(C)C(=O)O. The Morgan fingerprint density at radius 3 is 2.61 bits per heavy atom. The minimum absolute atomic E-state index is 0.370. The third-order valence-electron chi connectivity index (χ3n) is 3.40. The van der Waals surface area contributed by atoms with Gasteiger partial charge in [0.15, 0.2) is 0 Å². The zero-order chi connectivity index (χ0) is 13.3. The van der Waals surface area contributed by atoms with E-state index in [4.69, 9.17) is 5.11 Å². The molecule has 0 aromatic heterocycles. The summed E-state index contributed by atoms with van der Waals surface area (Å²) in [5, 5.41) is 18.9. The molecule has 0 fully saturated rings. The fourth-order valence-corrected chi connectivity index (χ4v) is 2.17. The molecular weight excluding hydrogens is 228 g/mol. The van der Waals surface area contributed by atoms with Crippen LogP contribution in [0.3, 0.4) is 0 Å². The second-order valence-electron chi connectivity index (χ2n) is 4.61. The Morgan fingerprint density at radius 1 is 1.28 bits per heavy atom. The van der Waals surface area contributed by atoms with Gasteiger partial charge in [0.05, 0.1) is 6.10 Å². The second-order valence-corrected chi connectivity index (χ2v) is 4.61. The van der Waals surface area contributed by atoms with Gasteiger partial charge >= 0.3 is 5.97 Å². The van der Waals surface area contributed by atoms with Gasteiger partial charge in [-0.25, -0.2) is 4.79 Å². The smallest absolute Gasteiger partial charge is 0.331 e. The molecule has 1 aromatic carbocycles. The number of carboxylic acid groups (broad SMARTS) is 1. The largest absolute Gasteiger partial charge is 0.478 e. The second kappa shape index (κ2) is 4.78. The number of hydrogen-bond donors (Lipinski definition) is 2. The van der Waals surface area contributed by atoms with E-state index < -0.39 is 12.1 Å². The molecule has 94 valence electrons. The first-order valence-electron chi connectivity index (χ1n) is 5.88. The molecule has 0 radical (unpaired) electrons. The fraction of sp³-hybridized carbons (Fsp3) is 0.267. The lowest BCUT2D eigenvalue weighted by Gasteiger charge is -2.07. The van der Waals surface area contributed by atoms with Crippen LogP contribution in [0.25, 0.3) is 5.57 Å². The van der Waals surface area contributed by atoms with Gasteiger partial charge in [0.1, 0.15) is 0 Å². The lowest BCUT2D eigenvalue weighted by molar-refractivity contribution is -0.132. The number of carboxylic acids is 1. The molecule has 1 aliphatic carbocycles. The number of aliphatic carboxylic acids is 1. The lowest BCUT2D eigenvalue weighted by Crippen LogP contribution is -2.00. The van der Waals surface area contributed by atoms with Gasteiger partial charge in [0, 0.05) is 5.57 Å². The third kappa shape index (κ3) is 2.22. The number of fused-ring (bicyclic) bond motifs is 1. The molecule has 2 rings (SSSR count). The van der Waals surface area contributed by atoms with Crippen LogP contribution < -0.4 is 0 Å². The van der Waals surface area contributed by atoms with Crippen LogP contribution in [0.5, 0.6) is 0 Å².